The zero-order chi connectivity index (χ0) is 61.7. The zero-order valence-corrected chi connectivity index (χ0v) is 52.6. The Labute approximate surface area is 513 Å². The number of carbonyl (C=O) groups is 10. The van der Waals surface area contributed by atoms with Crippen molar-refractivity contribution in [3.8, 4) is 21.1 Å². The lowest BCUT2D eigenvalue weighted by Crippen LogP contribution is -2.44. The Morgan fingerprint density at radius 2 is 0.621 bits per heavy atom. The van der Waals surface area contributed by atoms with Crippen LogP contribution in [0.25, 0.3) is 63.4 Å². The number of amides is 8. The van der Waals surface area contributed by atoms with Crippen molar-refractivity contribution in [3.05, 3.63) is 79.9 Å². The Morgan fingerprint density at radius 1 is 0.345 bits per heavy atom. The molecule has 87 heavy (non-hydrogen) atoms. The van der Waals surface area contributed by atoms with Crippen LogP contribution in [0.4, 0.5) is 0 Å². The summed E-state index contributed by atoms with van der Waals surface area (Å²) < 4.78 is 3.40. The van der Waals surface area contributed by atoms with Crippen molar-refractivity contribution in [3.63, 3.8) is 0 Å². The number of unbranched alkanes of at least 4 members (excludes halogenated alkanes) is 15. The van der Waals surface area contributed by atoms with Crippen molar-refractivity contribution in [1.82, 2.24) is 34.1 Å². The standard InChI is InChI=1S/C68H75N7O10S2/c1-8-13-18-23-28-71-57-55(86-59(69-57)41-35-45-47-49-43(61(78)74(67(84)53(41)49)31-26-21-16-11-4)33-39(37(6)76)51(47)65(82)72(63(45)80)29-24-19-14-9-2)56-58(71)70-60(87-56)42-36-46-48-50-44(62(79)75(68(85)54(42)50)32-27-22-17-12-5)34-40(38(7)77)52(48)66(83)73(64(46)81)30-25-20-15-10-3/h33-36H,8-32H2,1-7H3. The summed E-state index contributed by atoms with van der Waals surface area (Å²) in [6.07, 6.45) is 16.1. The second-order valence-corrected chi connectivity index (χ2v) is 25.8. The lowest BCUT2D eigenvalue weighted by molar-refractivity contribution is 0.0585. The summed E-state index contributed by atoms with van der Waals surface area (Å²) in [4.78, 5) is 163. The minimum Gasteiger partial charge on any atom is -0.308 e. The number of hydrogen-bond donors (Lipinski definition) is 0. The lowest BCUT2D eigenvalue weighted by atomic mass is 9.80. The van der Waals surface area contributed by atoms with Gasteiger partial charge in [-0.15, -0.1) is 22.7 Å². The fourth-order valence-electron chi connectivity index (χ4n) is 13.3. The largest absolute Gasteiger partial charge is 0.308 e. The molecular formula is C68H75N7O10S2. The van der Waals surface area contributed by atoms with E-state index in [0.717, 1.165) is 103 Å². The number of aromatic nitrogens is 3. The Balaban J connectivity index is 1.15. The highest BCUT2D eigenvalue weighted by Gasteiger charge is 2.46. The van der Waals surface area contributed by atoms with Crippen LogP contribution >= 0.6 is 22.7 Å². The third-order valence-electron chi connectivity index (χ3n) is 17.9. The highest BCUT2D eigenvalue weighted by atomic mass is 32.1. The number of carbonyl (C=O) groups excluding carboxylic acids is 10. The summed E-state index contributed by atoms with van der Waals surface area (Å²) in [5.41, 5.74) is 2.26. The fraction of sp³-hybridized carbons (Fsp3) is 0.471. The summed E-state index contributed by atoms with van der Waals surface area (Å²) in [5, 5.41) is 1.26. The number of thiazole rings is 2. The third kappa shape index (κ3) is 10.3. The number of Topliss-reactive ketones (excluding diaryl/α,β-unsaturated/α-hetero) is 2. The number of fused-ring (bicyclic) bond motifs is 3. The van der Waals surface area contributed by atoms with Gasteiger partial charge < -0.3 is 4.57 Å². The van der Waals surface area contributed by atoms with E-state index >= 15 is 19.2 Å². The van der Waals surface area contributed by atoms with Crippen molar-refractivity contribution in [2.75, 3.05) is 26.2 Å². The Hall–Kier alpha value is -7.64. The summed E-state index contributed by atoms with van der Waals surface area (Å²) in [6.45, 7) is 14.0. The number of benzene rings is 4. The van der Waals surface area contributed by atoms with Gasteiger partial charge >= 0.3 is 0 Å². The first kappa shape index (κ1) is 61.0. The van der Waals surface area contributed by atoms with Crippen LogP contribution in [0, 0.1) is 0 Å². The molecule has 0 saturated carbocycles. The molecule has 454 valence electrons. The van der Waals surface area contributed by atoms with E-state index in [4.69, 9.17) is 9.97 Å². The molecule has 0 atom stereocenters. The molecule has 0 unspecified atom stereocenters. The predicted octanol–water partition coefficient (Wildman–Crippen LogP) is 15.0. The highest BCUT2D eigenvalue weighted by molar-refractivity contribution is 7.29. The van der Waals surface area contributed by atoms with Crippen LogP contribution < -0.4 is 0 Å². The van der Waals surface area contributed by atoms with Gasteiger partial charge in [0.25, 0.3) is 47.3 Å². The number of nitrogens with zero attached hydrogens (tertiary/aromatic N) is 7. The van der Waals surface area contributed by atoms with Crippen LogP contribution in [0.5, 0.6) is 0 Å². The van der Waals surface area contributed by atoms with Crippen LogP contribution in [0.15, 0.2) is 24.3 Å². The van der Waals surface area contributed by atoms with Crippen molar-refractivity contribution in [2.45, 2.75) is 183 Å². The van der Waals surface area contributed by atoms with Crippen LogP contribution in [-0.4, -0.2) is 119 Å². The predicted molar refractivity (Wildman–Crippen MR) is 339 cm³/mol. The molecule has 19 heteroatoms. The molecule has 8 amide bonds. The number of rotatable bonds is 29. The molecule has 4 aliphatic rings. The number of ketones is 2. The van der Waals surface area contributed by atoms with Gasteiger partial charge in [-0.05, 0) is 70.2 Å². The SMILES string of the molecule is CCCCCCN1C(=O)c2cc(-c3nc4c(s3)c3sc(-c5cc6c7c(c(C(C)=O)cc8c7c5C(=O)N(CCCCCC)C8=O)C(=O)N(CCCCCC)C6=O)nc3n4CCCCCC)c3c4c(cc(C(C)=O)c(c24)C1=O)C(=O)N(CCCCCC)C3=O. The molecule has 0 saturated heterocycles. The van der Waals surface area contributed by atoms with Gasteiger partial charge in [0.1, 0.15) is 10.0 Å². The molecular weight excluding hydrogens is 1140 g/mol. The summed E-state index contributed by atoms with van der Waals surface area (Å²) in [5.74, 6) is -5.78. The van der Waals surface area contributed by atoms with E-state index in [0.29, 0.717) is 74.1 Å². The monoisotopic (exact) mass is 1210 g/mol. The summed E-state index contributed by atoms with van der Waals surface area (Å²) in [6, 6.07) is 6.10. The van der Waals surface area contributed by atoms with Crippen molar-refractivity contribution >= 4 is 124 Å². The molecule has 0 fully saturated rings. The molecule has 7 aromatic rings. The maximum Gasteiger partial charge on any atom is 0.262 e. The van der Waals surface area contributed by atoms with Gasteiger partial charge in [0.2, 0.25) is 0 Å². The normalized spacial score (nSPS) is 14.8. The van der Waals surface area contributed by atoms with Crippen LogP contribution in [0.3, 0.4) is 0 Å². The van der Waals surface area contributed by atoms with Gasteiger partial charge in [-0.25, -0.2) is 9.97 Å². The topological polar surface area (TPSA) is 214 Å². The maximum atomic E-state index is 15.4. The summed E-state index contributed by atoms with van der Waals surface area (Å²) >= 11 is 2.57. The third-order valence-corrected chi connectivity index (χ3v) is 20.2. The first-order valence-corrected chi connectivity index (χ1v) is 33.3. The van der Waals surface area contributed by atoms with Crippen LogP contribution in [-0.2, 0) is 6.54 Å². The van der Waals surface area contributed by atoms with E-state index < -0.39 is 58.8 Å². The van der Waals surface area contributed by atoms with E-state index in [1.54, 1.807) is 12.1 Å². The average molecular weight is 1210 g/mol. The molecule has 17 nitrogen and oxygen atoms in total. The molecule has 0 aliphatic carbocycles. The number of imide groups is 4. The molecule has 4 aromatic carbocycles. The van der Waals surface area contributed by atoms with Crippen LogP contribution in [0.1, 0.15) is 280 Å². The molecule has 0 bridgehead atoms. The van der Waals surface area contributed by atoms with Gasteiger partial charge in [0.15, 0.2) is 22.9 Å². The Kier molecular flexibility index (Phi) is 17.7. The first-order valence-electron chi connectivity index (χ1n) is 31.7. The minimum absolute atomic E-state index is 0.00203. The van der Waals surface area contributed by atoms with Crippen LogP contribution in [0.2, 0.25) is 0 Å². The number of aryl methyl sites for hydroxylation is 1. The smallest absolute Gasteiger partial charge is 0.262 e. The first-order chi connectivity index (χ1) is 42.0. The molecule has 3 aromatic heterocycles. The van der Waals surface area contributed by atoms with Gasteiger partial charge in [0, 0.05) is 98.8 Å². The van der Waals surface area contributed by atoms with E-state index in [1.165, 1.54) is 68.3 Å². The molecule has 0 N–H and O–H groups in total. The van der Waals surface area contributed by atoms with E-state index in [1.807, 2.05) is 4.57 Å². The molecule has 7 heterocycles. The Morgan fingerprint density at radius 3 is 0.920 bits per heavy atom. The average Bonchev–Trinajstić information content (AvgIpc) is 1.33. The lowest BCUT2D eigenvalue weighted by Gasteiger charge is -2.34. The van der Waals surface area contributed by atoms with Gasteiger partial charge in [-0.2, -0.15) is 0 Å². The summed E-state index contributed by atoms with van der Waals surface area (Å²) in [7, 11) is 0. The quantitative estimate of drug-likeness (QED) is 0.0243. The highest BCUT2D eigenvalue weighted by Crippen LogP contribution is 2.50. The van der Waals surface area contributed by atoms with E-state index in [2.05, 4.69) is 34.6 Å². The van der Waals surface area contributed by atoms with Crippen molar-refractivity contribution in [2.24, 2.45) is 0 Å². The van der Waals surface area contributed by atoms with E-state index in [9.17, 15) is 28.8 Å². The van der Waals surface area contributed by atoms with Crippen molar-refractivity contribution in [1.29, 1.82) is 0 Å². The molecule has 4 aliphatic heterocycles. The minimum atomic E-state index is -0.644. The maximum absolute atomic E-state index is 15.4. The van der Waals surface area contributed by atoms with Gasteiger partial charge in [-0.1, -0.05) is 131 Å². The second-order valence-electron chi connectivity index (χ2n) is 23.8. The Bertz CT molecular complexity index is 3860. The molecule has 0 radical (unpaired) electrons. The molecule has 0 spiro atoms. The van der Waals surface area contributed by atoms with Gasteiger partial charge in [-0.3, -0.25) is 67.5 Å². The molecule has 11 rings (SSSR count). The second kappa shape index (κ2) is 25.2. The fourth-order valence-corrected chi connectivity index (χ4v) is 15.6. The number of hydrogen-bond acceptors (Lipinski definition) is 14. The zero-order valence-electron chi connectivity index (χ0n) is 51.0. The van der Waals surface area contributed by atoms with Gasteiger partial charge in [0.05, 0.1) is 31.7 Å². The van der Waals surface area contributed by atoms with Crippen molar-refractivity contribution < 1.29 is 47.9 Å². The van der Waals surface area contributed by atoms with E-state index in [-0.39, 0.29) is 103 Å².